The molecule has 0 aliphatic rings. The average molecular weight is 368 g/mol. The lowest BCUT2D eigenvalue weighted by Gasteiger charge is -2.04. The van der Waals surface area contributed by atoms with Gasteiger partial charge in [0.25, 0.3) is 0 Å². The summed E-state index contributed by atoms with van der Waals surface area (Å²) in [6.45, 7) is 0. The zero-order chi connectivity index (χ0) is 10.7. The molecule has 0 amide bonds. The van der Waals surface area contributed by atoms with E-state index in [0.29, 0.717) is 3.57 Å². The van der Waals surface area contributed by atoms with E-state index >= 15 is 0 Å². The van der Waals surface area contributed by atoms with Gasteiger partial charge >= 0.3 is 0 Å². The van der Waals surface area contributed by atoms with Crippen molar-refractivity contribution in [1.82, 2.24) is 0 Å². The molecule has 5 heteroatoms. The molecule has 0 aliphatic carbocycles. The van der Waals surface area contributed by atoms with Gasteiger partial charge in [0.1, 0.15) is 11.9 Å². The molecule has 1 rings (SSSR count). The van der Waals surface area contributed by atoms with Crippen LogP contribution in [0.3, 0.4) is 0 Å². The number of hydrogen-bond acceptors (Lipinski definition) is 2. The molecule has 1 aromatic rings. The highest BCUT2D eigenvalue weighted by molar-refractivity contribution is 14.1. The minimum atomic E-state index is -0.655. The Kier molecular flexibility index (Phi) is 4.01. The third-order valence-electron chi connectivity index (χ3n) is 1.62. The van der Waals surface area contributed by atoms with Gasteiger partial charge in [0, 0.05) is 3.57 Å². The summed E-state index contributed by atoms with van der Waals surface area (Å²) >= 11 is 4.89. The van der Waals surface area contributed by atoms with Gasteiger partial charge in [-0.1, -0.05) is 15.9 Å². The number of alkyl halides is 1. The van der Waals surface area contributed by atoms with Crippen molar-refractivity contribution in [2.75, 3.05) is 5.33 Å². The number of hydrogen-bond donors (Lipinski definition) is 0. The van der Waals surface area contributed by atoms with Gasteiger partial charge in [-0.25, -0.2) is 4.39 Å². The molecule has 0 aromatic heterocycles. The number of nitrogens with zero attached hydrogens (tertiary/aromatic N) is 1. The molecule has 0 heterocycles. The van der Waals surface area contributed by atoms with Crippen LogP contribution in [-0.2, 0) is 0 Å². The van der Waals surface area contributed by atoms with Gasteiger partial charge < -0.3 is 0 Å². The predicted octanol–water partition coefficient (Wildman–Crippen LogP) is 2.88. The van der Waals surface area contributed by atoms with E-state index in [2.05, 4.69) is 15.9 Å². The van der Waals surface area contributed by atoms with E-state index in [1.165, 1.54) is 12.1 Å². The summed E-state index contributed by atoms with van der Waals surface area (Å²) < 4.78 is 13.7. The molecule has 0 fully saturated rings. The fourth-order valence-electron chi connectivity index (χ4n) is 1.00. The van der Waals surface area contributed by atoms with Crippen LogP contribution in [0.1, 0.15) is 15.9 Å². The number of rotatable bonds is 2. The molecule has 0 N–H and O–H groups in total. The summed E-state index contributed by atoms with van der Waals surface area (Å²) in [5.74, 6) is -0.942. The summed E-state index contributed by atoms with van der Waals surface area (Å²) in [4.78, 5) is 11.4. The first-order valence-corrected chi connectivity index (χ1v) is 5.79. The van der Waals surface area contributed by atoms with E-state index in [9.17, 15) is 9.18 Å². The number of carbonyl (C=O) groups is 1. The Labute approximate surface area is 102 Å². The first kappa shape index (κ1) is 11.6. The third kappa shape index (κ3) is 2.12. The summed E-state index contributed by atoms with van der Waals surface area (Å²) in [5.41, 5.74) is -0.0219. The van der Waals surface area contributed by atoms with Crippen LogP contribution in [0.15, 0.2) is 12.1 Å². The van der Waals surface area contributed by atoms with Crippen LogP contribution < -0.4 is 0 Å². The Morgan fingerprint density at radius 2 is 2.29 bits per heavy atom. The number of ketones is 1. The number of halogens is 3. The largest absolute Gasteiger partial charge is 0.293 e. The van der Waals surface area contributed by atoms with Crippen molar-refractivity contribution in [3.05, 3.63) is 32.6 Å². The quantitative estimate of drug-likeness (QED) is 0.458. The van der Waals surface area contributed by atoms with Gasteiger partial charge in [-0.3, -0.25) is 4.79 Å². The maximum atomic E-state index is 13.1. The second-order valence-corrected chi connectivity index (χ2v) is 4.17. The summed E-state index contributed by atoms with van der Waals surface area (Å²) in [6.07, 6.45) is 0. The molecule has 0 saturated heterocycles. The Balaban J connectivity index is 3.47. The molecular weight excluding hydrogens is 364 g/mol. The van der Waals surface area contributed by atoms with Crippen molar-refractivity contribution in [2.45, 2.75) is 0 Å². The number of carbonyl (C=O) groups excluding carboxylic acids is 1. The lowest BCUT2D eigenvalue weighted by atomic mass is 10.1. The first-order valence-electron chi connectivity index (χ1n) is 3.59. The average Bonchev–Trinajstić information content (AvgIpc) is 2.19. The Hall–Kier alpha value is -0.480. The fourth-order valence-corrected chi connectivity index (χ4v) is 2.03. The van der Waals surface area contributed by atoms with Crippen molar-refractivity contribution in [3.63, 3.8) is 0 Å². The Morgan fingerprint density at radius 3 is 2.79 bits per heavy atom. The second kappa shape index (κ2) is 4.84. The lowest BCUT2D eigenvalue weighted by molar-refractivity contribution is 0.102. The molecule has 0 spiro atoms. The van der Waals surface area contributed by atoms with Crippen LogP contribution in [0.25, 0.3) is 0 Å². The van der Waals surface area contributed by atoms with Crippen LogP contribution in [0.2, 0.25) is 0 Å². The topological polar surface area (TPSA) is 40.9 Å². The summed E-state index contributed by atoms with van der Waals surface area (Å²) in [7, 11) is 0. The van der Waals surface area contributed by atoms with Crippen molar-refractivity contribution in [2.24, 2.45) is 0 Å². The monoisotopic (exact) mass is 367 g/mol. The van der Waals surface area contributed by atoms with Crippen LogP contribution >= 0.6 is 38.5 Å². The molecule has 72 valence electrons. The molecular formula is C9H4BrFINO. The summed E-state index contributed by atoms with van der Waals surface area (Å²) in [5, 5.41) is 8.79. The van der Waals surface area contributed by atoms with Crippen LogP contribution in [0.5, 0.6) is 0 Å². The highest BCUT2D eigenvalue weighted by Gasteiger charge is 2.17. The molecule has 0 bridgehead atoms. The zero-order valence-corrected chi connectivity index (χ0v) is 10.6. The smallest absolute Gasteiger partial charge is 0.175 e. The van der Waals surface area contributed by atoms with E-state index in [1.54, 1.807) is 6.07 Å². The molecule has 1 aromatic carbocycles. The zero-order valence-electron chi connectivity index (χ0n) is 6.85. The molecule has 0 atom stereocenters. The molecule has 0 aliphatic heterocycles. The van der Waals surface area contributed by atoms with E-state index in [-0.39, 0.29) is 22.2 Å². The molecule has 0 radical (unpaired) electrons. The van der Waals surface area contributed by atoms with Gasteiger partial charge in [0.2, 0.25) is 0 Å². The second-order valence-electron chi connectivity index (χ2n) is 2.45. The van der Waals surface area contributed by atoms with E-state index < -0.39 is 5.82 Å². The number of Topliss-reactive ketones (excluding diaryl/α,β-unsaturated/α-hetero) is 1. The minimum absolute atomic E-state index is 0.0845. The Morgan fingerprint density at radius 1 is 1.64 bits per heavy atom. The van der Waals surface area contributed by atoms with Crippen molar-refractivity contribution in [3.8, 4) is 6.07 Å². The van der Waals surface area contributed by atoms with Crippen molar-refractivity contribution in [1.29, 1.82) is 5.26 Å². The molecule has 14 heavy (non-hydrogen) atoms. The first-order chi connectivity index (χ1) is 6.61. The highest BCUT2D eigenvalue weighted by atomic mass is 127. The Bertz CT molecular complexity index is 428. The van der Waals surface area contributed by atoms with Crippen LogP contribution in [0.4, 0.5) is 4.39 Å². The predicted molar refractivity (Wildman–Crippen MR) is 62.0 cm³/mol. The lowest BCUT2D eigenvalue weighted by Crippen LogP contribution is -2.07. The van der Waals surface area contributed by atoms with Gasteiger partial charge in [-0.2, -0.15) is 5.26 Å². The van der Waals surface area contributed by atoms with Crippen molar-refractivity contribution >= 4 is 44.3 Å². The molecule has 0 unspecified atom stereocenters. The maximum Gasteiger partial charge on any atom is 0.175 e. The highest BCUT2D eigenvalue weighted by Crippen LogP contribution is 2.20. The van der Waals surface area contributed by atoms with Gasteiger partial charge in [0.15, 0.2) is 5.78 Å². The van der Waals surface area contributed by atoms with Gasteiger partial charge in [0.05, 0.1) is 16.5 Å². The normalized spacial score (nSPS) is 9.57. The number of nitriles is 1. The maximum absolute atomic E-state index is 13.1. The fraction of sp³-hybridized carbons (Fsp3) is 0.111. The van der Waals surface area contributed by atoms with E-state index in [0.717, 1.165) is 0 Å². The van der Waals surface area contributed by atoms with Crippen LogP contribution in [-0.4, -0.2) is 11.1 Å². The van der Waals surface area contributed by atoms with Gasteiger partial charge in [-0.15, -0.1) is 0 Å². The SMILES string of the molecule is N#Cc1c(F)ccc(I)c1C(=O)CBr. The third-order valence-corrected chi connectivity index (χ3v) is 3.02. The van der Waals surface area contributed by atoms with Gasteiger partial charge in [-0.05, 0) is 34.7 Å². The van der Waals surface area contributed by atoms with Crippen molar-refractivity contribution < 1.29 is 9.18 Å². The van der Waals surface area contributed by atoms with E-state index in [1.807, 2.05) is 22.6 Å². The van der Waals surface area contributed by atoms with Crippen LogP contribution in [0, 0.1) is 20.7 Å². The number of benzene rings is 1. The molecule has 0 saturated carbocycles. The minimum Gasteiger partial charge on any atom is -0.293 e. The molecule has 2 nitrogen and oxygen atoms in total. The van der Waals surface area contributed by atoms with E-state index in [4.69, 9.17) is 5.26 Å². The standard InChI is InChI=1S/C9H4BrFINO/c10-3-8(14)9-5(4-13)6(11)1-2-7(9)12/h1-2H,3H2. The summed E-state index contributed by atoms with van der Waals surface area (Å²) in [6, 6.07) is 4.36.